The first kappa shape index (κ1) is 16.8. The van der Waals surface area contributed by atoms with E-state index in [2.05, 4.69) is 10.6 Å². The van der Waals surface area contributed by atoms with E-state index < -0.39 is 23.0 Å². The predicted octanol–water partition coefficient (Wildman–Crippen LogP) is 3.16. The third kappa shape index (κ3) is 3.55. The Kier molecular flexibility index (Phi) is 4.31. The molecule has 0 bridgehead atoms. The molecule has 25 heavy (non-hydrogen) atoms. The first-order valence-corrected chi connectivity index (χ1v) is 7.64. The number of benzene rings is 2. The minimum absolute atomic E-state index is 0.133. The lowest BCUT2D eigenvalue weighted by Crippen LogP contribution is -2.41. The first-order valence-electron chi connectivity index (χ1n) is 7.64. The Morgan fingerprint density at radius 1 is 0.960 bits per heavy atom. The van der Waals surface area contributed by atoms with Crippen LogP contribution in [0.25, 0.3) is 0 Å². The van der Waals surface area contributed by atoms with E-state index in [4.69, 9.17) is 9.47 Å². The van der Waals surface area contributed by atoms with E-state index in [9.17, 15) is 14.0 Å². The van der Waals surface area contributed by atoms with Crippen molar-refractivity contribution in [3.05, 3.63) is 48.3 Å². The van der Waals surface area contributed by atoms with Gasteiger partial charge in [-0.15, -0.1) is 0 Å². The van der Waals surface area contributed by atoms with E-state index in [0.717, 1.165) is 0 Å². The van der Waals surface area contributed by atoms with Gasteiger partial charge in [0.05, 0.1) is 0 Å². The number of nitrogens with one attached hydrogen (secondary N) is 2. The number of halogens is 1. The van der Waals surface area contributed by atoms with Gasteiger partial charge >= 0.3 is 0 Å². The van der Waals surface area contributed by atoms with E-state index >= 15 is 0 Å². The Balaban J connectivity index is 1.70. The molecule has 0 aromatic heterocycles. The summed E-state index contributed by atoms with van der Waals surface area (Å²) in [4.78, 5) is 24.9. The van der Waals surface area contributed by atoms with Crippen LogP contribution in [0.2, 0.25) is 0 Å². The van der Waals surface area contributed by atoms with Crippen molar-refractivity contribution < 1.29 is 23.5 Å². The van der Waals surface area contributed by atoms with Crippen LogP contribution in [-0.4, -0.2) is 18.6 Å². The number of ether oxygens (including phenoxy) is 2. The van der Waals surface area contributed by atoms with E-state index in [1.165, 1.54) is 32.0 Å². The Morgan fingerprint density at radius 3 is 2.28 bits per heavy atom. The molecule has 0 saturated heterocycles. The number of amides is 2. The molecule has 0 unspecified atom stereocenters. The molecular formula is C18H17FN2O4. The zero-order valence-corrected chi connectivity index (χ0v) is 13.8. The van der Waals surface area contributed by atoms with Gasteiger partial charge in [0.2, 0.25) is 18.6 Å². The molecular weight excluding hydrogens is 327 g/mol. The summed E-state index contributed by atoms with van der Waals surface area (Å²) in [5.41, 5.74) is -0.599. The average molecular weight is 344 g/mol. The van der Waals surface area contributed by atoms with Crippen molar-refractivity contribution in [3.63, 3.8) is 0 Å². The molecule has 2 N–H and O–H groups in total. The van der Waals surface area contributed by atoms with Crippen molar-refractivity contribution in [3.8, 4) is 11.5 Å². The molecule has 3 rings (SSSR count). The van der Waals surface area contributed by atoms with Gasteiger partial charge in [-0.25, -0.2) is 4.39 Å². The van der Waals surface area contributed by atoms with Crippen LogP contribution in [0, 0.1) is 11.2 Å². The van der Waals surface area contributed by atoms with E-state index in [0.29, 0.717) is 17.2 Å². The molecule has 0 atom stereocenters. The number of carbonyl (C=O) groups excluding carboxylic acids is 2. The van der Waals surface area contributed by atoms with Crippen molar-refractivity contribution in [2.75, 3.05) is 17.4 Å². The summed E-state index contributed by atoms with van der Waals surface area (Å²) in [7, 11) is 0. The topological polar surface area (TPSA) is 76.7 Å². The molecule has 0 spiro atoms. The number of hydrogen-bond donors (Lipinski definition) is 2. The summed E-state index contributed by atoms with van der Waals surface area (Å²) < 4.78 is 23.7. The minimum atomic E-state index is -1.37. The molecule has 2 amide bonds. The molecule has 0 radical (unpaired) electrons. The number of hydrogen-bond acceptors (Lipinski definition) is 4. The molecule has 2 aromatic rings. The van der Waals surface area contributed by atoms with Crippen molar-refractivity contribution >= 4 is 23.2 Å². The van der Waals surface area contributed by atoms with Crippen LogP contribution in [0.5, 0.6) is 11.5 Å². The van der Waals surface area contributed by atoms with E-state index in [1.807, 2.05) is 0 Å². The lowest BCUT2D eigenvalue weighted by molar-refractivity contribution is -0.135. The SMILES string of the molecule is CC(C)(C(=O)Nc1cccc(F)c1)C(=O)Nc1ccc2c(c1)OCO2. The normalized spacial score (nSPS) is 12.6. The smallest absolute Gasteiger partial charge is 0.239 e. The summed E-state index contributed by atoms with van der Waals surface area (Å²) >= 11 is 0. The highest BCUT2D eigenvalue weighted by Gasteiger charge is 2.36. The van der Waals surface area contributed by atoms with Gasteiger partial charge in [0.25, 0.3) is 0 Å². The summed E-state index contributed by atoms with van der Waals surface area (Å²) in [6, 6.07) is 10.4. The Morgan fingerprint density at radius 2 is 1.60 bits per heavy atom. The second kappa shape index (κ2) is 6.43. The maximum atomic E-state index is 13.2. The molecule has 0 saturated carbocycles. The highest BCUT2D eigenvalue weighted by Crippen LogP contribution is 2.34. The molecule has 1 aliphatic rings. The van der Waals surface area contributed by atoms with Gasteiger partial charge in [0, 0.05) is 17.4 Å². The number of carbonyl (C=O) groups is 2. The Bertz CT molecular complexity index is 836. The van der Waals surface area contributed by atoms with Gasteiger partial charge in [0.1, 0.15) is 11.2 Å². The Hall–Kier alpha value is -3.09. The van der Waals surface area contributed by atoms with Crippen molar-refractivity contribution in [2.45, 2.75) is 13.8 Å². The van der Waals surface area contributed by atoms with Crippen LogP contribution in [-0.2, 0) is 9.59 Å². The van der Waals surface area contributed by atoms with Gasteiger partial charge in [-0.3, -0.25) is 9.59 Å². The highest BCUT2D eigenvalue weighted by atomic mass is 19.1. The monoisotopic (exact) mass is 344 g/mol. The fraction of sp³-hybridized carbons (Fsp3) is 0.222. The number of fused-ring (bicyclic) bond motifs is 1. The highest BCUT2D eigenvalue weighted by molar-refractivity contribution is 6.14. The van der Waals surface area contributed by atoms with Crippen LogP contribution in [0.1, 0.15) is 13.8 Å². The van der Waals surface area contributed by atoms with Crippen LogP contribution >= 0.6 is 0 Å². The third-order valence-corrected chi connectivity index (χ3v) is 3.85. The maximum absolute atomic E-state index is 13.2. The van der Waals surface area contributed by atoms with Crippen LogP contribution in [0.3, 0.4) is 0 Å². The second-order valence-electron chi connectivity index (χ2n) is 6.11. The zero-order chi connectivity index (χ0) is 18.0. The summed E-state index contributed by atoms with van der Waals surface area (Å²) in [5, 5.41) is 5.23. The van der Waals surface area contributed by atoms with Gasteiger partial charge in [-0.1, -0.05) is 6.07 Å². The maximum Gasteiger partial charge on any atom is 0.239 e. The molecule has 130 valence electrons. The lowest BCUT2D eigenvalue weighted by Gasteiger charge is -2.22. The minimum Gasteiger partial charge on any atom is -0.454 e. The molecule has 7 heteroatoms. The summed E-state index contributed by atoms with van der Waals surface area (Å²) in [6.07, 6.45) is 0. The van der Waals surface area contributed by atoms with Crippen LogP contribution < -0.4 is 20.1 Å². The van der Waals surface area contributed by atoms with Crippen molar-refractivity contribution in [2.24, 2.45) is 5.41 Å². The molecule has 1 heterocycles. The van der Waals surface area contributed by atoms with E-state index in [1.54, 1.807) is 24.3 Å². The fourth-order valence-electron chi connectivity index (χ4n) is 2.22. The summed E-state index contributed by atoms with van der Waals surface area (Å²) in [5.74, 6) is -0.391. The van der Waals surface area contributed by atoms with Gasteiger partial charge in [0.15, 0.2) is 11.5 Å². The first-order chi connectivity index (χ1) is 11.9. The van der Waals surface area contributed by atoms with Crippen molar-refractivity contribution in [1.29, 1.82) is 0 Å². The fourth-order valence-corrected chi connectivity index (χ4v) is 2.22. The number of anilines is 2. The largest absolute Gasteiger partial charge is 0.454 e. The molecule has 6 nitrogen and oxygen atoms in total. The van der Waals surface area contributed by atoms with E-state index in [-0.39, 0.29) is 12.5 Å². The van der Waals surface area contributed by atoms with Crippen molar-refractivity contribution in [1.82, 2.24) is 0 Å². The Labute approximate surface area is 143 Å². The molecule has 0 aliphatic carbocycles. The van der Waals surface area contributed by atoms with Gasteiger partial charge in [-0.2, -0.15) is 0 Å². The second-order valence-corrected chi connectivity index (χ2v) is 6.11. The quantitative estimate of drug-likeness (QED) is 0.836. The number of rotatable bonds is 4. The molecule has 2 aromatic carbocycles. The lowest BCUT2D eigenvalue weighted by atomic mass is 9.90. The third-order valence-electron chi connectivity index (χ3n) is 3.85. The average Bonchev–Trinajstić information content (AvgIpc) is 3.02. The summed E-state index contributed by atoms with van der Waals surface area (Å²) in [6.45, 7) is 3.11. The van der Waals surface area contributed by atoms with Gasteiger partial charge < -0.3 is 20.1 Å². The van der Waals surface area contributed by atoms with Crippen LogP contribution in [0.15, 0.2) is 42.5 Å². The van der Waals surface area contributed by atoms with Crippen LogP contribution in [0.4, 0.5) is 15.8 Å². The predicted molar refractivity (Wildman–Crippen MR) is 90.0 cm³/mol. The zero-order valence-electron chi connectivity index (χ0n) is 13.8. The molecule has 0 fully saturated rings. The van der Waals surface area contributed by atoms with Gasteiger partial charge in [-0.05, 0) is 44.2 Å². The standard InChI is InChI=1S/C18H17FN2O4/c1-18(2,16(22)20-12-5-3-4-11(19)8-12)17(23)21-13-6-7-14-15(9-13)25-10-24-14/h3-9H,10H2,1-2H3,(H,20,22)(H,21,23). The molecule has 1 aliphatic heterocycles.